The van der Waals surface area contributed by atoms with Gasteiger partial charge in [0.1, 0.15) is 0 Å². The van der Waals surface area contributed by atoms with Crippen molar-refractivity contribution >= 4 is 15.9 Å². The van der Waals surface area contributed by atoms with E-state index in [0.717, 1.165) is 24.6 Å². The third-order valence-corrected chi connectivity index (χ3v) is 4.25. The standard InChI is InChI=1S/C13H18F3N3O3S/c14-13(15,16)10-4-3-5-11(8-10)23(21,22)19-9-12(20)18-7-2-1-6-17/h3-5,8,19H,1-2,6-7,9,17H2,(H,18,20). The molecule has 0 aromatic heterocycles. The van der Waals surface area contributed by atoms with Gasteiger partial charge in [0.25, 0.3) is 0 Å². The van der Waals surface area contributed by atoms with Crippen molar-refractivity contribution in [3.63, 3.8) is 0 Å². The fraction of sp³-hybridized carbons (Fsp3) is 0.462. The van der Waals surface area contributed by atoms with Gasteiger partial charge in [-0.2, -0.15) is 13.2 Å². The summed E-state index contributed by atoms with van der Waals surface area (Å²) in [5.74, 6) is -0.572. The molecule has 1 aromatic rings. The van der Waals surface area contributed by atoms with Gasteiger partial charge in [0, 0.05) is 6.54 Å². The van der Waals surface area contributed by atoms with Crippen LogP contribution < -0.4 is 15.8 Å². The van der Waals surface area contributed by atoms with E-state index in [2.05, 4.69) is 5.32 Å². The Kier molecular flexibility index (Phi) is 6.98. The normalized spacial score (nSPS) is 12.2. The van der Waals surface area contributed by atoms with Crippen molar-refractivity contribution in [1.29, 1.82) is 0 Å². The summed E-state index contributed by atoms with van der Waals surface area (Å²) in [6.07, 6.45) is -3.27. The Labute approximate surface area is 132 Å². The van der Waals surface area contributed by atoms with Gasteiger partial charge >= 0.3 is 6.18 Å². The number of carbonyl (C=O) groups excluding carboxylic acids is 1. The summed E-state index contributed by atoms with van der Waals surface area (Å²) in [6, 6.07) is 3.30. The lowest BCUT2D eigenvalue weighted by Gasteiger charge is -2.10. The van der Waals surface area contributed by atoms with E-state index in [1.54, 1.807) is 0 Å². The zero-order valence-corrected chi connectivity index (χ0v) is 13.0. The summed E-state index contributed by atoms with van der Waals surface area (Å²) in [5, 5.41) is 2.48. The van der Waals surface area contributed by atoms with E-state index < -0.39 is 39.1 Å². The van der Waals surface area contributed by atoms with Gasteiger partial charge in [0.2, 0.25) is 15.9 Å². The maximum atomic E-state index is 12.6. The van der Waals surface area contributed by atoms with Crippen LogP contribution in [0.15, 0.2) is 29.2 Å². The smallest absolute Gasteiger partial charge is 0.355 e. The number of nitrogens with one attached hydrogen (secondary N) is 2. The van der Waals surface area contributed by atoms with Crippen molar-refractivity contribution in [3.8, 4) is 0 Å². The van der Waals surface area contributed by atoms with E-state index in [4.69, 9.17) is 5.73 Å². The Bertz CT molecular complexity index is 633. The lowest BCUT2D eigenvalue weighted by molar-refractivity contribution is -0.137. The number of alkyl halides is 3. The molecule has 130 valence electrons. The number of carbonyl (C=O) groups is 1. The van der Waals surface area contributed by atoms with Gasteiger partial charge in [-0.05, 0) is 37.6 Å². The third-order valence-electron chi connectivity index (χ3n) is 2.85. The second-order valence-electron chi connectivity index (χ2n) is 4.70. The van der Waals surface area contributed by atoms with Crippen LogP contribution in [-0.4, -0.2) is 34.0 Å². The highest BCUT2D eigenvalue weighted by Gasteiger charge is 2.31. The van der Waals surface area contributed by atoms with Crippen LogP contribution in [0.25, 0.3) is 0 Å². The molecule has 23 heavy (non-hydrogen) atoms. The molecule has 0 radical (unpaired) electrons. The molecule has 0 saturated carbocycles. The third kappa shape index (κ3) is 6.55. The Morgan fingerprint density at radius 3 is 2.52 bits per heavy atom. The molecule has 0 aliphatic rings. The van der Waals surface area contributed by atoms with Crippen LogP contribution in [0.1, 0.15) is 18.4 Å². The van der Waals surface area contributed by atoms with Crippen molar-refractivity contribution in [2.24, 2.45) is 5.73 Å². The number of rotatable bonds is 8. The molecule has 0 bridgehead atoms. The molecule has 10 heteroatoms. The molecular formula is C13H18F3N3O3S. The predicted molar refractivity (Wildman–Crippen MR) is 77.9 cm³/mol. The van der Waals surface area contributed by atoms with Crippen LogP contribution in [0.3, 0.4) is 0 Å². The van der Waals surface area contributed by atoms with Crippen molar-refractivity contribution < 1.29 is 26.4 Å². The molecule has 0 heterocycles. The van der Waals surface area contributed by atoms with Crippen LogP contribution >= 0.6 is 0 Å². The number of halogens is 3. The van der Waals surface area contributed by atoms with Gasteiger partial charge in [-0.15, -0.1) is 0 Å². The number of nitrogens with two attached hydrogens (primary N) is 1. The van der Waals surface area contributed by atoms with Gasteiger partial charge in [0.15, 0.2) is 0 Å². The highest BCUT2D eigenvalue weighted by atomic mass is 32.2. The number of amides is 1. The van der Waals surface area contributed by atoms with Crippen LogP contribution in [0.2, 0.25) is 0 Å². The fourth-order valence-corrected chi connectivity index (χ4v) is 2.67. The Morgan fingerprint density at radius 1 is 1.22 bits per heavy atom. The second kappa shape index (κ2) is 8.27. The zero-order valence-electron chi connectivity index (χ0n) is 12.2. The first-order valence-corrected chi connectivity index (χ1v) is 8.29. The lowest BCUT2D eigenvalue weighted by Crippen LogP contribution is -2.37. The summed E-state index contributed by atoms with van der Waals surface area (Å²) in [5.41, 5.74) is 4.21. The largest absolute Gasteiger partial charge is 0.416 e. The maximum absolute atomic E-state index is 12.6. The Morgan fingerprint density at radius 2 is 1.91 bits per heavy atom. The number of unbranched alkanes of at least 4 members (excludes halogenated alkanes) is 1. The maximum Gasteiger partial charge on any atom is 0.416 e. The second-order valence-corrected chi connectivity index (χ2v) is 6.46. The highest BCUT2D eigenvalue weighted by molar-refractivity contribution is 7.89. The molecule has 0 aliphatic heterocycles. The van der Waals surface area contributed by atoms with E-state index in [1.807, 2.05) is 4.72 Å². The first-order valence-electron chi connectivity index (χ1n) is 6.80. The molecule has 0 spiro atoms. The quantitative estimate of drug-likeness (QED) is 0.603. The molecule has 0 atom stereocenters. The molecule has 4 N–H and O–H groups in total. The monoisotopic (exact) mass is 353 g/mol. The van der Waals surface area contributed by atoms with Gasteiger partial charge < -0.3 is 11.1 Å². The van der Waals surface area contributed by atoms with E-state index in [1.165, 1.54) is 0 Å². The van der Waals surface area contributed by atoms with Crippen molar-refractivity contribution in [3.05, 3.63) is 29.8 Å². The van der Waals surface area contributed by atoms with E-state index >= 15 is 0 Å². The van der Waals surface area contributed by atoms with Crippen LogP contribution in [0.4, 0.5) is 13.2 Å². The zero-order chi connectivity index (χ0) is 17.5. The SMILES string of the molecule is NCCCCNC(=O)CNS(=O)(=O)c1cccc(C(F)(F)F)c1. The minimum Gasteiger partial charge on any atom is -0.355 e. The van der Waals surface area contributed by atoms with Crippen molar-refractivity contribution in [1.82, 2.24) is 10.0 Å². The molecule has 0 fully saturated rings. The van der Waals surface area contributed by atoms with E-state index in [9.17, 15) is 26.4 Å². The van der Waals surface area contributed by atoms with Crippen molar-refractivity contribution in [2.75, 3.05) is 19.6 Å². The van der Waals surface area contributed by atoms with E-state index in [-0.39, 0.29) is 0 Å². The lowest BCUT2D eigenvalue weighted by atomic mass is 10.2. The molecule has 0 unspecified atom stereocenters. The summed E-state index contributed by atoms with van der Waals surface area (Å²) < 4.78 is 63.5. The van der Waals surface area contributed by atoms with Gasteiger partial charge in [-0.1, -0.05) is 6.07 Å². The minimum absolute atomic E-state index is 0.349. The molecule has 0 aliphatic carbocycles. The minimum atomic E-state index is -4.65. The number of sulfonamides is 1. The first-order chi connectivity index (χ1) is 10.7. The number of hydrogen-bond acceptors (Lipinski definition) is 4. The molecular weight excluding hydrogens is 335 g/mol. The first kappa shape index (κ1) is 19.4. The highest BCUT2D eigenvalue weighted by Crippen LogP contribution is 2.30. The van der Waals surface area contributed by atoms with Crippen LogP contribution in [-0.2, 0) is 21.0 Å². The Balaban J connectivity index is 2.64. The molecule has 6 nitrogen and oxygen atoms in total. The summed E-state index contributed by atoms with van der Waals surface area (Å²) in [7, 11) is -4.20. The number of benzene rings is 1. The van der Waals surface area contributed by atoms with Crippen LogP contribution in [0, 0.1) is 0 Å². The van der Waals surface area contributed by atoms with Gasteiger partial charge in [0.05, 0.1) is 17.0 Å². The van der Waals surface area contributed by atoms with Gasteiger partial charge in [-0.25, -0.2) is 13.1 Å². The Hall–Kier alpha value is -1.65. The fourth-order valence-electron chi connectivity index (χ4n) is 1.64. The molecule has 1 rings (SSSR count). The average Bonchev–Trinajstić information content (AvgIpc) is 2.49. The van der Waals surface area contributed by atoms with Gasteiger partial charge in [-0.3, -0.25) is 4.79 Å². The topological polar surface area (TPSA) is 101 Å². The summed E-state index contributed by atoms with van der Waals surface area (Å²) >= 11 is 0. The van der Waals surface area contributed by atoms with Crippen LogP contribution in [0.5, 0.6) is 0 Å². The molecule has 1 aromatic carbocycles. The average molecular weight is 353 g/mol. The van der Waals surface area contributed by atoms with Crippen molar-refractivity contribution in [2.45, 2.75) is 23.9 Å². The molecule has 1 amide bonds. The molecule has 0 saturated heterocycles. The predicted octanol–water partition coefficient (Wildman–Crippen LogP) is 0.839. The summed E-state index contributed by atoms with van der Waals surface area (Å²) in [4.78, 5) is 10.9. The van der Waals surface area contributed by atoms with E-state index in [0.29, 0.717) is 25.6 Å². The summed E-state index contributed by atoms with van der Waals surface area (Å²) in [6.45, 7) is 0.278. The number of hydrogen-bond donors (Lipinski definition) is 3.